The van der Waals surface area contributed by atoms with Gasteiger partial charge in [-0.3, -0.25) is 9.10 Å². The third-order valence-electron chi connectivity index (χ3n) is 5.97. The van der Waals surface area contributed by atoms with Gasteiger partial charge in [0.1, 0.15) is 12.4 Å². The number of carbonyl (C=O) groups excluding carboxylic acids is 1. The molecule has 3 aromatic carbocycles. The van der Waals surface area contributed by atoms with E-state index in [4.69, 9.17) is 11.6 Å². The van der Waals surface area contributed by atoms with Crippen LogP contribution in [-0.4, -0.2) is 31.7 Å². The van der Waals surface area contributed by atoms with Crippen molar-refractivity contribution in [3.05, 3.63) is 112 Å². The first-order valence-electron chi connectivity index (χ1n) is 11.7. The minimum Gasteiger partial charge on any atom is -0.315 e. The molecule has 0 saturated heterocycles. The summed E-state index contributed by atoms with van der Waals surface area (Å²) < 4.78 is 44.0. The van der Waals surface area contributed by atoms with Crippen molar-refractivity contribution < 1.29 is 17.6 Å². The first kappa shape index (κ1) is 27.1. The zero-order chi connectivity index (χ0) is 27.4. The van der Waals surface area contributed by atoms with Crippen LogP contribution in [0.25, 0.3) is 5.69 Å². The minimum absolute atomic E-state index is 0.0509. The van der Waals surface area contributed by atoms with Gasteiger partial charge < -0.3 is 4.57 Å². The van der Waals surface area contributed by atoms with Crippen molar-refractivity contribution >= 4 is 39.4 Å². The number of benzene rings is 3. The third-order valence-corrected chi connectivity index (χ3v) is 8.01. The molecule has 7 nitrogen and oxygen atoms in total. The number of hydrazone groups is 1. The SMILES string of the molecule is Cc1ccc(S(=O)(=O)N(CC(=O)N/N=C\c2cc(C)n(-c3ccccc3F)c2C)c2ccc(Cl)cc2)cc1. The Balaban J connectivity index is 1.56. The summed E-state index contributed by atoms with van der Waals surface area (Å²) in [6, 6.07) is 20.8. The number of halogens is 2. The normalized spacial score (nSPS) is 11.6. The highest BCUT2D eigenvalue weighted by molar-refractivity contribution is 7.92. The van der Waals surface area contributed by atoms with E-state index in [1.807, 2.05) is 26.8 Å². The number of amides is 1. The Morgan fingerprint density at radius 1 is 1.03 bits per heavy atom. The van der Waals surface area contributed by atoms with Crippen LogP contribution in [0.3, 0.4) is 0 Å². The summed E-state index contributed by atoms with van der Waals surface area (Å²) >= 11 is 5.98. The molecule has 1 aromatic heterocycles. The van der Waals surface area contributed by atoms with Gasteiger partial charge in [0, 0.05) is 22.0 Å². The summed E-state index contributed by atoms with van der Waals surface area (Å²) in [6.45, 7) is 5.00. The molecule has 0 unspecified atom stereocenters. The van der Waals surface area contributed by atoms with Gasteiger partial charge in [-0.25, -0.2) is 18.2 Å². The number of rotatable bonds is 8. The number of aryl methyl sites for hydroxylation is 2. The average Bonchev–Trinajstić information content (AvgIpc) is 3.16. The number of hydrogen-bond donors (Lipinski definition) is 1. The Bertz CT molecular complexity index is 1600. The van der Waals surface area contributed by atoms with E-state index in [0.717, 1.165) is 21.3 Å². The maximum Gasteiger partial charge on any atom is 0.264 e. The Labute approximate surface area is 226 Å². The molecule has 0 aliphatic rings. The van der Waals surface area contributed by atoms with Crippen molar-refractivity contribution in [2.75, 3.05) is 10.8 Å². The summed E-state index contributed by atoms with van der Waals surface area (Å²) in [5.74, 6) is -1.00. The van der Waals surface area contributed by atoms with E-state index in [-0.39, 0.29) is 16.4 Å². The zero-order valence-electron chi connectivity index (χ0n) is 21.0. The maximum atomic E-state index is 14.4. The van der Waals surface area contributed by atoms with Crippen molar-refractivity contribution in [3.63, 3.8) is 0 Å². The maximum absolute atomic E-state index is 14.4. The summed E-state index contributed by atoms with van der Waals surface area (Å²) in [7, 11) is -4.06. The monoisotopic (exact) mass is 552 g/mol. The van der Waals surface area contributed by atoms with E-state index < -0.39 is 22.5 Å². The Morgan fingerprint density at radius 2 is 1.68 bits per heavy atom. The third kappa shape index (κ3) is 5.79. The molecule has 0 fully saturated rings. The van der Waals surface area contributed by atoms with E-state index >= 15 is 0 Å². The van der Waals surface area contributed by atoms with Gasteiger partial charge in [0.25, 0.3) is 15.9 Å². The smallest absolute Gasteiger partial charge is 0.264 e. The highest BCUT2D eigenvalue weighted by Gasteiger charge is 2.27. The number of nitrogens with zero attached hydrogens (tertiary/aromatic N) is 3. The van der Waals surface area contributed by atoms with Crippen LogP contribution in [0.1, 0.15) is 22.5 Å². The van der Waals surface area contributed by atoms with E-state index in [1.54, 1.807) is 47.0 Å². The number of nitrogens with one attached hydrogen (secondary N) is 1. The summed E-state index contributed by atoms with van der Waals surface area (Å²) in [4.78, 5) is 12.9. The number of anilines is 1. The molecule has 0 saturated carbocycles. The number of para-hydroxylation sites is 1. The molecule has 0 aliphatic carbocycles. The summed E-state index contributed by atoms with van der Waals surface area (Å²) in [5.41, 5.74) is 6.19. The van der Waals surface area contributed by atoms with Crippen LogP contribution in [0, 0.1) is 26.6 Å². The Hall–Kier alpha value is -3.95. The van der Waals surface area contributed by atoms with Crippen LogP contribution < -0.4 is 9.73 Å². The molecule has 1 N–H and O–H groups in total. The van der Waals surface area contributed by atoms with Crippen molar-refractivity contribution in [1.82, 2.24) is 9.99 Å². The van der Waals surface area contributed by atoms with Crippen LogP contribution >= 0.6 is 11.6 Å². The Kier molecular flexibility index (Phi) is 7.99. The van der Waals surface area contributed by atoms with Gasteiger partial charge >= 0.3 is 0 Å². The molecule has 4 aromatic rings. The van der Waals surface area contributed by atoms with Crippen molar-refractivity contribution in [3.8, 4) is 5.69 Å². The van der Waals surface area contributed by atoms with Crippen LogP contribution in [0.15, 0.2) is 88.9 Å². The predicted molar refractivity (Wildman–Crippen MR) is 148 cm³/mol. The molecular weight excluding hydrogens is 527 g/mol. The fraction of sp³-hybridized carbons (Fsp3) is 0.143. The van der Waals surface area contributed by atoms with Gasteiger partial charge in [0.15, 0.2) is 0 Å². The molecule has 0 bridgehead atoms. The molecule has 1 amide bonds. The summed E-state index contributed by atoms with van der Waals surface area (Å²) in [6.07, 6.45) is 1.44. The second-order valence-corrected chi connectivity index (χ2v) is 11.0. The number of carbonyl (C=O) groups is 1. The van der Waals surface area contributed by atoms with Gasteiger partial charge in [-0.2, -0.15) is 5.10 Å². The lowest BCUT2D eigenvalue weighted by molar-refractivity contribution is -0.119. The Morgan fingerprint density at radius 3 is 2.34 bits per heavy atom. The average molecular weight is 553 g/mol. The number of sulfonamides is 1. The van der Waals surface area contributed by atoms with Gasteiger partial charge in [0.05, 0.1) is 22.5 Å². The first-order valence-corrected chi connectivity index (χ1v) is 13.5. The molecule has 0 aliphatic heterocycles. The fourth-order valence-corrected chi connectivity index (χ4v) is 5.57. The predicted octanol–water partition coefficient (Wildman–Crippen LogP) is 5.54. The molecule has 196 valence electrons. The van der Waals surface area contributed by atoms with Crippen LogP contribution in [0.5, 0.6) is 0 Å². The molecule has 4 rings (SSSR count). The van der Waals surface area contributed by atoms with E-state index in [2.05, 4.69) is 10.5 Å². The van der Waals surface area contributed by atoms with Gasteiger partial charge in [0.2, 0.25) is 0 Å². The zero-order valence-corrected chi connectivity index (χ0v) is 22.6. The van der Waals surface area contributed by atoms with Crippen LogP contribution in [0.4, 0.5) is 10.1 Å². The number of hydrogen-bond acceptors (Lipinski definition) is 4. The lowest BCUT2D eigenvalue weighted by Gasteiger charge is -2.23. The van der Waals surface area contributed by atoms with Crippen molar-refractivity contribution in [2.24, 2.45) is 5.10 Å². The van der Waals surface area contributed by atoms with Gasteiger partial charge in [-0.1, -0.05) is 41.4 Å². The molecule has 10 heteroatoms. The highest BCUT2D eigenvalue weighted by atomic mass is 35.5. The number of aromatic nitrogens is 1. The fourth-order valence-electron chi connectivity index (χ4n) is 4.02. The lowest BCUT2D eigenvalue weighted by atomic mass is 10.2. The first-order chi connectivity index (χ1) is 18.1. The topological polar surface area (TPSA) is 83.8 Å². The molecule has 0 atom stereocenters. The molecule has 38 heavy (non-hydrogen) atoms. The molecular formula is C28H26ClFN4O3S. The quantitative estimate of drug-likeness (QED) is 0.230. The molecule has 1 heterocycles. The van der Waals surface area contributed by atoms with Crippen molar-refractivity contribution in [2.45, 2.75) is 25.7 Å². The summed E-state index contributed by atoms with van der Waals surface area (Å²) in [5, 5.41) is 4.46. The van der Waals surface area contributed by atoms with Crippen LogP contribution in [-0.2, 0) is 14.8 Å². The van der Waals surface area contributed by atoms with E-state index in [0.29, 0.717) is 16.3 Å². The second-order valence-electron chi connectivity index (χ2n) is 8.71. The molecule has 0 radical (unpaired) electrons. The lowest BCUT2D eigenvalue weighted by Crippen LogP contribution is -2.39. The highest BCUT2D eigenvalue weighted by Crippen LogP contribution is 2.26. The standard InChI is InChI=1S/C28H26ClFN4O3S/c1-19-8-14-25(15-9-19)38(36,37)33(24-12-10-23(29)11-13-24)18-28(35)32-31-17-22-16-20(2)34(21(22)3)27-7-5-4-6-26(27)30/h4-17H,18H2,1-3H3,(H,32,35)/b31-17-. The van der Waals surface area contributed by atoms with E-state index in [9.17, 15) is 17.6 Å². The van der Waals surface area contributed by atoms with Crippen molar-refractivity contribution in [1.29, 1.82) is 0 Å². The van der Waals surface area contributed by atoms with Crippen LogP contribution in [0.2, 0.25) is 5.02 Å². The molecule has 0 spiro atoms. The largest absolute Gasteiger partial charge is 0.315 e. The second kappa shape index (κ2) is 11.2. The minimum atomic E-state index is -4.06. The van der Waals surface area contributed by atoms with Gasteiger partial charge in [-0.05, 0) is 75.4 Å². The van der Waals surface area contributed by atoms with E-state index in [1.165, 1.54) is 36.5 Å². The van der Waals surface area contributed by atoms with Gasteiger partial charge in [-0.15, -0.1) is 0 Å².